The fourth-order valence-corrected chi connectivity index (χ4v) is 2.02. The van der Waals surface area contributed by atoms with Crippen molar-refractivity contribution in [3.63, 3.8) is 0 Å². The van der Waals surface area contributed by atoms with Crippen molar-refractivity contribution in [1.82, 2.24) is 4.98 Å². The highest BCUT2D eigenvalue weighted by molar-refractivity contribution is 5.76. The minimum Gasteiger partial charge on any atom is -0.497 e. The van der Waals surface area contributed by atoms with E-state index >= 15 is 0 Å². The largest absolute Gasteiger partial charge is 0.497 e. The van der Waals surface area contributed by atoms with Crippen molar-refractivity contribution in [2.75, 3.05) is 12.8 Å². The van der Waals surface area contributed by atoms with Gasteiger partial charge in [0, 0.05) is 18.2 Å². The summed E-state index contributed by atoms with van der Waals surface area (Å²) < 4.78 is 10.9. The molecule has 0 radical (unpaired) electrons. The Hall–Kier alpha value is -2.49. The topological polar surface area (TPSA) is 61.3 Å². The summed E-state index contributed by atoms with van der Waals surface area (Å²) in [6, 6.07) is 13.3. The molecule has 0 amide bonds. The van der Waals surface area contributed by atoms with E-state index in [0.29, 0.717) is 18.0 Å². The Kier molecular flexibility index (Phi) is 2.83. The van der Waals surface area contributed by atoms with Crippen molar-refractivity contribution in [3.8, 4) is 5.75 Å². The van der Waals surface area contributed by atoms with Gasteiger partial charge >= 0.3 is 0 Å². The number of aromatic nitrogens is 1. The van der Waals surface area contributed by atoms with Crippen molar-refractivity contribution in [1.29, 1.82) is 0 Å². The first kappa shape index (κ1) is 11.6. The zero-order valence-corrected chi connectivity index (χ0v) is 10.6. The van der Waals surface area contributed by atoms with E-state index in [9.17, 15) is 0 Å². The highest BCUT2D eigenvalue weighted by Crippen LogP contribution is 2.21. The molecule has 1 aromatic heterocycles. The number of hydrogen-bond acceptors (Lipinski definition) is 4. The molecule has 4 heteroatoms. The van der Waals surface area contributed by atoms with Crippen LogP contribution in [0.2, 0.25) is 0 Å². The first-order valence-electron chi connectivity index (χ1n) is 6.02. The lowest BCUT2D eigenvalue weighted by Crippen LogP contribution is -1.89. The standard InChI is InChI=1S/C15H14N2O2/c1-18-12-4-2-3-10(7-12)8-15-17-13-6-5-11(16)9-14(13)19-15/h2-7,9H,8,16H2,1H3. The number of hydrogen-bond donors (Lipinski definition) is 1. The van der Waals surface area contributed by atoms with Crippen LogP contribution in [0.25, 0.3) is 11.1 Å². The number of ether oxygens (including phenoxy) is 1. The number of rotatable bonds is 3. The van der Waals surface area contributed by atoms with Crippen molar-refractivity contribution >= 4 is 16.8 Å². The zero-order valence-electron chi connectivity index (χ0n) is 10.6. The van der Waals surface area contributed by atoms with Gasteiger partial charge in [-0.05, 0) is 29.8 Å². The molecule has 0 aliphatic heterocycles. The Morgan fingerprint density at radius 2 is 2.11 bits per heavy atom. The second-order valence-corrected chi connectivity index (χ2v) is 4.36. The Labute approximate surface area is 110 Å². The third kappa shape index (κ3) is 2.38. The molecular weight excluding hydrogens is 240 g/mol. The SMILES string of the molecule is COc1cccc(Cc2nc3ccc(N)cc3o2)c1. The normalized spacial score (nSPS) is 10.8. The molecule has 19 heavy (non-hydrogen) atoms. The number of nitrogen functional groups attached to an aromatic ring is 1. The Balaban J connectivity index is 1.92. The predicted octanol–water partition coefficient (Wildman–Crippen LogP) is 3.01. The van der Waals surface area contributed by atoms with Crippen molar-refractivity contribution in [2.24, 2.45) is 0 Å². The van der Waals surface area contributed by atoms with Gasteiger partial charge in [-0.15, -0.1) is 0 Å². The molecule has 96 valence electrons. The summed E-state index contributed by atoms with van der Waals surface area (Å²) in [6.45, 7) is 0. The van der Waals surface area contributed by atoms with Gasteiger partial charge in [0.2, 0.25) is 0 Å². The van der Waals surface area contributed by atoms with E-state index in [4.69, 9.17) is 14.9 Å². The molecule has 0 saturated carbocycles. The smallest absolute Gasteiger partial charge is 0.199 e. The van der Waals surface area contributed by atoms with Gasteiger partial charge in [-0.25, -0.2) is 4.98 Å². The molecule has 0 spiro atoms. The van der Waals surface area contributed by atoms with Crippen LogP contribution >= 0.6 is 0 Å². The van der Waals surface area contributed by atoms with E-state index in [2.05, 4.69) is 4.98 Å². The molecule has 0 aliphatic rings. The zero-order chi connectivity index (χ0) is 13.2. The first-order valence-corrected chi connectivity index (χ1v) is 6.02. The Morgan fingerprint density at radius 1 is 1.21 bits per heavy atom. The number of nitrogens with two attached hydrogens (primary N) is 1. The Bertz CT molecular complexity index is 719. The van der Waals surface area contributed by atoms with Crippen LogP contribution in [0.4, 0.5) is 5.69 Å². The van der Waals surface area contributed by atoms with Crippen LogP contribution in [0.5, 0.6) is 5.75 Å². The highest BCUT2D eigenvalue weighted by Gasteiger charge is 2.07. The van der Waals surface area contributed by atoms with Gasteiger partial charge in [-0.3, -0.25) is 0 Å². The fraction of sp³-hybridized carbons (Fsp3) is 0.133. The monoisotopic (exact) mass is 254 g/mol. The predicted molar refractivity (Wildman–Crippen MR) is 74.2 cm³/mol. The maximum absolute atomic E-state index is 5.72. The fourth-order valence-electron chi connectivity index (χ4n) is 2.02. The van der Waals surface area contributed by atoms with Crippen molar-refractivity contribution < 1.29 is 9.15 Å². The number of oxazole rings is 1. The van der Waals surface area contributed by atoms with Crippen LogP contribution < -0.4 is 10.5 Å². The Morgan fingerprint density at radius 3 is 2.95 bits per heavy atom. The van der Waals surface area contributed by atoms with Gasteiger partial charge in [-0.1, -0.05) is 12.1 Å². The van der Waals surface area contributed by atoms with Crippen LogP contribution in [0.3, 0.4) is 0 Å². The number of methoxy groups -OCH3 is 1. The van der Waals surface area contributed by atoms with Gasteiger partial charge < -0.3 is 14.9 Å². The van der Waals surface area contributed by atoms with Gasteiger partial charge in [0.05, 0.1) is 7.11 Å². The van der Waals surface area contributed by atoms with E-state index in [1.54, 1.807) is 13.2 Å². The lowest BCUT2D eigenvalue weighted by atomic mass is 10.1. The second-order valence-electron chi connectivity index (χ2n) is 4.36. The summed E-state index contributed by atoms with van der Waals surface area (Å²) in [5.74, 6) is 1.51. The minimum atomic E-state index is 0.631. The van der Waals surface area contributed by atoms with Crippen molar-refractivity contribution in [3.05, 3.63) is 53.9 Å². The van der Waals surface area contributed by atoms with Gasteiger partial charge in [0.25, 0.3) is 0 Å². The summed E-state index contributed by atoms with van der Waals surface area (Å²) in [5.41, 5.74) is 9.04. The molecule has 2 aromatic carbocycles. The molecule has 2 N–H and O–H groups in total. The third-order valence-electron chi connectivity index (χ3n) is 2.95. The summed E-state index contributed by atoms with van der Waals surface area (Å²) in [5, 5.41) is 0. The van der Waals surface area contributed by atoms with E-state index in [0.717, 1.165) is 22.4 Å². The second kappa shape index (κ2) is 4.65. The van der Waals surface area contributed by atoms with Crippen molar-refractivity contribution in [2.45, 2.75) is 6.42 Å². The molecule has 3 rings (SSSR count). The molecule has 0 aliphatic carbocycles. The molecular formula is C15H14N2O2. The summed E-state index contributed by atoms with van der Waals surface area (Å²) in [6.07, 6.45) is 0.631. The average Bonchev–Trinajstić information content (AvgIpc) is 2.80. The number of fused-ring (bicyclic) bond motifs is 1. The average molecular weight is 254 g/mol. The number of nitrogens with zero attached hydrogens (tertiary/aromatic N) is 1. The molecule has 0 saturated heterocycles. The highest BCUT2D eigenvalue weighted by atomic mass is 16.5. The van der Waals surface area contributed by atoms with Gasteiger partial charge in [-0.2, -0.15) is 0 Å². The lowest BCUT2D eigenvalue weighted by Gasteiger charge is -2.01. The molecule has 0 atom stereocenters. The van der Waals surface area contributed by atoms with Crippen LogP contribution in [-0.2, 0) is 6.42 Å². The molecule has 3 aromatic rings. The lowest BCUT2D eigenvalue weighted by molar-refractivity contribution is 0.414. The van der Waals surface area contributed by atoms with Crippen LogP contribution in [0, 0.1) is 0 Å². The summed E-state index contributed by atoms with van der Waals surface area (Å²) in [7, 11) is 1.65. The summed E-state index contributed by atoms with van der Waals surface area (Å²) in [4.78, 5) is 4.44. The molecule has 0 bridgehead atoms. The third-order valence-corrected chi connectivity index (χ3v) is 2.95. The number of anilines is 1. The maximum atomic E-state index is 5.72. The van der Waals surface area contributed by atoms with Crippen LogP contribution in [0.1, 0.15) is 11.5 Å². The molecule has 0 fully saturated rings. The van der Waals surface area contributed by atoms with E-state index < -0.39 is 0 Å². The number of benzene rings is 2. The molecule has 1 heterocycles. The van der Waals surface area contributed by atoms with Crippen LogP contribution in [-0.4, -0.2) is 12.1 Å². The van der Waals surface area contributed by atoms with E-state index in [1.165, 1.54) is 0 Å². The van der Waals surface area contributed by atoms with Crippen LogP contribution in [0.15, 0.2) is 46.9 Å². The molecule has 0 unspecified atom stereocenters. The summed E-state index contributed by atoms with van der Waals surface area (Å²) >= 11 is 0. The van der Waals surface area contributed by atoms with Gasteiger partial charge in [0.15, 0.2) is 11.5 Å². The minimum absolute atomic E-state index is 0.631. The van der Waals surface area contributed by atoms with Gasteiger partial charge in [0.1, 0.15) is 11.3 Å². The molecule has 4 nitrogen and oxygen atoms in total. The van der Waals surface area contributed by atoms with E-state index in [1.807, 2.05) is 36.4 Å². The van der Waals surface area contributed by atoms with E-state index in [-0.39, 0.29) is 0 Å². The maximum Gasteiger partial charge on any atom is 0.199 e. The first-order chi connectivity index (χ1) is 9.24. The quantitative estimate of drug-likeness (QED) is 0.730.